The van der Waals surface area contributed by atoms with Crippen LogP contribution in [0.25, 0.3) is 83.7 Å². The molecule has 0 unspecified atom stereocenters. The van der Waals surface area contributed by atoms with Gasteiger partial charge in [0.15, 0.2) is 17.5 Å². The van der Waals surface area contributed by atoms with E-state index in [0.29, 0.717) is 17.5 Å². The van der Waals surface area contributed by atoms with Crippen LogP contribution in [-0.4, -0.2) is 24.5 Å². The number of pyridine rings is 1. The van der Waals surface area contributed by atoms with Crippen LogP contribution in [0.1, 0.15) is 25.0 Å². The summed E-state index contributed by atoms with van der Waals surface area (Å²) in [4.78, 5) is 20.2. The third-order valence-electron chi connectivity index (χ3n) is 10.3. The van der Waals surface area contributed by atoms with Gasteiger partial charge in [0.2, 0.25) is 0 Å². The molecule has 1 aliphatic carbocycles. The summed E-state index contributed by atoms with van der Waals surface area (Å²) in [6, 6.07) is 51.1. The molecule has 236 valence electrons. The van der Waals surface area contributed by atoms with Gasteiger partial charge in [0.1, 0.15) is 5.65 Å². The van der Waals surface area contributed by atoms with Crippen LogP contribution in [0.2, 0.25) is 0 Å². The maximum Gasteiger partial charge on any atom is 0.164 e. The number of fused-ring (bicyclic) bond motifs is 7. The van der Waals surface area contributed by atoms with Crippen molar-refractivity contribution in [1.29, 1.82) is 0 Å². The molecule has 9 aromatic rings. The van der Waals surface area contributed by atoms with Crippen LogP contribution in [0.5, 0.6) is 0 Å². The minimum Gasteiger partial charge on any atom is -0.294 e. The largest absolute Gasteiger partial charge is 0.294 e. The lowest BCUT2D eigenvalue weighted by Gasteiger charge is -2.24. The third kappa shape index (κ3) is 4.26. The number of para-hydroxylation sites is 1. The van der Waals surface area contributed by atoms with E-state index in [0.717, 1.165) is 44.3 Å². The average Bonchev–Trinajstić information content (AvgIpc) is 3.63. The predicted octanol–water partition coefficient (Wildman–Crippen LogP) is 10.8. The Bertz CT molecular complexity index is 2740. The zero-order chi connectivity index (χ0) is 33.4. The van der Waals surface area contributed by atoms with Crippen molar-refractivity contribution in [2.45, 2.75) is 19.3 Å². The van der Waals surface area contributed by atoms with E-state index in [2.05, 4.69) is 140 Å². The number of aromatic nitrogens is 5. The van der Waals surface area contributed by atoms with Gasteiger partial charge in [0.25, 0.3) is 0 Å². The summed E-state index contributed by atoms with van der Waals surface area (Å²) in [7, 11) is 0. The fourth-order valence-corrected chi connectivity index (χ4v) is 7.92. The van der Waals surface area contributed by atoms with E-state index >= 15 is 0 Å². The van der Waals surface area contributed by atoms with E-state index in [1.54, 1.807) is 0 Å². The van der Waals surface area contributed by atoms with Crippen LogP contribution in [0.4, 0.5) is 0 Å². The smallest absolute Gasteiger partial charge is 0.164 e. The molecule has 0 spiro atoms. The number of hydrogen-bond donors (Lipinski definition) is 0. The zero-order valence-corrected chi connectivity index (χ0v) is 27.7. The monoisotopic (exact) mass is 641 g/mol. The van der Waals surface area contributed by atoms with Crippen LogP contribution >= 0.6 is 0 Å². The van der Waals surface area contributed by atoms with E-state index in [-0.39, 0.29) is 5.41 Å². The Kier molecular flexibility index (Phi) is 6.15. The first-order chi connectivity index (χ1) is 24.5. The molecule has 0 amide bonds. The number of hydrogen-bond acceptors (Lipinski definition) is 4. The molecule has 0 radical (unpaired) electrons. The van der Waals surface area contributed by atoms with Crippen molar-refractivity contribution >= 4 is 32.7 Å². The molecular weight excluding hydrogens is 611 g/mol. The summed E-state index contributed by atoms with van der Waals surface area (Å²) in [5.74, 6) is 1.99. The van der Waals surface area contributed by atoms with Gasteiger partial charge in [-0.15, -0.1) is 0 Å². The van der Waals surface area contributed by atoms with Crippen molar-refractivity contribution in [3.8, 4) is 51.0 Å². The fourth-order valence-electron chi connectivity index (χ4n) is 7.92. The van der Waals surface area contributed by atoms with Gasteiger partial charge in [-0.2, -0.15) is 0 Å². The van der Waals surface area contributed by atoms with Gasteiger partial charge in [0, 0.05) is 44.8 Å². The van der Waals surface area contributed by atoms with Crippen molar-refractivity contribution in [2.75, 3.05) is 0 Å². The lowest BCUT2D eigenvalue weighted by molar-refractivity contribution is 0.660. The first kappa shape index (κ1) is 28.5. The summed E-state index contributed by atoms with van der Waals surface area (Å²) < 4.78 is 2.29. The molecule has 0 saturated heterocycles. The maximum atomic E-state index is 5.20. The van der Waals surface area contributed by atoms with Crippen molar-refractivity contribution in [2.24, 2.45) is 0 Å². The highest BCUT2D eigenvalue weighted by Crippen LogP contribution is 2.52. The second-order valence-electron chi connectivity index (χ2n) is 13.5. The second kappa shape index (κ2) is 10.8. The molecule has 0 N–H and O–H groups in total. The van der Waals surface area contributed by atoms with Crippen molar-refractivity contribution in [3.05, 3.63) is 163 Å². The number of rotatable bonds is 4. The Morgan fingerprint density at radius 2 is 1.22 bits per heavy atom. The summed E-state index contributed by atoms with van der Waals surface area (Å²) in [5, 5.41) is 4.69. The molecule has 1 aliphatic rings. The molecule has 50 heavy (non-hydrogen) atoms. The molecule has 3 heterocycles. The SMILES string of the molecule is CC1(C)c2cc(-n3c4ccccc4c4cccnc43)ccc2-c2cccc(-c3nc(-c4ccccc4)nc(-c4ccc5ccccc5c4)n3)c21. The molecule has 0 atom stereocenters. The molecule has 0 bridgehead atoms. The van der Waals surface area contributed by atoms with Gasteiger partial charge in [-0.3, -0.25) is 4.57 Å². The summed E-state index contributed by atoms with van der Waals surface area (Å²) in [6.45, 7) is 4.64. The third-order valence-corrected chi connectivity index (χ3v) is 10.3. The lowest BCUT2D eigenvalue weighted by atomic mass is 9.80. The van der Waals surface area contributed by atoms with Gasteiger partial charge >= 0.3 is 0 Å². The van der Waals surface area contributed by atoms with Crippen LogP contribution in [0, 0.1) is 0 Å². The molecule has 5 heteroatoms. The minimum atomic E-state index is -0.327. The van der Waals surface area contributed by atoms with E-state index in [1.165, 1.54) is 33.0 Å². The summed E-state index contributed by atoms with van der Waals surface area (Å²) >= 11 is 0. The highest BCUT2D eigenvalue weighted by Gasteiger charge is 2.38. The second-order valence-corrected chi connectivity index (χ2v) is 13.5. The Morgan fingerprint density at radius 3 is 2.10 bits per heavy atom. The minimum absolute atomic E-state index is 0.327. The average molecular weight is 642 g/mol. The quantitative estimate of drug-likeness (QED) is 0.192. The molecule has 0 fully saturated rings. The van der Waals surface area contributed by atoms with E-state index in [9.17, 15) is 0 Å². The van der Waals surface area contributed by atoms with Gasteiger partial charge < -0.3 is 0 Å². The van der Waals surface area contributed by atoms with Crippen LogP contribution in [0.3, 0.4) is 0 Å². The van der Waals surface area contributed by atoms with Crippen molar-refractivity contribution in [3.63, 3.8) is 0 Å². The van der Waals surface area contributed by atoms with E-state index in [1.807, 2.05) is 30.5 Å². The Labute approximate surface area is 289 Å². The van der Waals surface area contributed by atoms with Gasteiger partial charge in [0.05, 0.1) is 5.52 Å². The maximum absolute atomic E-state index is 5.20. The van der Waals surface area contributed by atoms with E-state index < -0.39 is 0 Å². The van der Waals surface area contributed by atoms with Crippen LogP contribution in [-0.2, 0) is 5.41 Å². The highest BCUT2D eigenvalue weighted by molar-refractivity contribution is 6.08. The normalized spacial score (nSPS) is 13.2. The van der Waals surface area contributed by atoms with E-state index in [4.69, 9.17) is 19.9 Å². The molecule has 0 saturated carbocycles. The van der Waals surface area contributed by atoms with Gasteiger partial charge in [-0.25, -0.2) is 19.9 Å². The summed E-state index contributed by atoms with van der Waals surface area (Å²) in [6.07, 6.45) is 1.88. The van der Waals surface area contributed by atoms with Gasteiger partial charge in [-0.1, -0.05) is 123 Å². The van der Waals surface area contributed by atoms with Crippen LogP contribution < -0.4 is 0 Å². The number of nitrogens with zero attached hydrogens (tertiary/aromatic N) is 5. The lowest BCUT2D eigenvalue weighted by Crippen LogP contribution is -2.17. The number of benzene rings is 6. The molecular formula is C45H31N5. The molecule has 10 rings (SSSR count). The predicted molar refractivity (Wildman–Crippen MR) is 203 cm³/mol. The Hall–Kier alpha value is -6.46. The Balaban J connectivity index is 1.16. The molecule has 5 nitrogen and oxygen atoms in total. The molecule has 0 aliphatic heterocycles. The first-order valence-electron chi connectivity index (χ1n) is 17.0. The first-order valence-corrected chi connectivity index (χ1v) is 17.0. The topological polar surface area (TPSA) is 56.5 Å². The highest BCUT2D eigenvalue weighted by atomic mass is 15.0. The van der Waals surface area contributed by atoms with Crippen molar-refractivity contribution in [1.82, 2.24) is 24.5 Å². The molecule has 6 aromatic carbocycles. The van der Waals surface area contributed by atoms with Crippen molar-refractivity contribution < 1.29 is 0 Å². The van der Waals surface area contributed by atoms with Crippen LogP contribution in [0.15, 0.2) is 152 Å². The Morgan fingerprint density at radius 1 is 0.500 bits per heavy atom. The fraction of sp³-hybridized carbons (Fsp3) is 0.0667. The molecule has 3 aromatic heterocycles. The standard InChI is InChI=1S/C45H31N5/c1-45(2)38-27-32(50-39-20-9-8-16-34(39)36-19-11-25-46-44(36)50)23-24-33(38)35-17-10-18-37(40(35)45)43-48-41(29-13-4-3-5-14-29)47-42(49-43)31-22-21-28-12-6-7-15-30(28)26-31/h3-27H,1-2H3. The summed E-state index contributed by atoms with van der Waals surface area (Å²) in [5.41, 5.74) is 10.8. The zero-order valence-electron chi connectivity index (χ0n) is 27.7. The van der Waals surface area contributed by atoms with Gasteiger partial charge in [-0.05, 0) is 69.4 Å².